The predicted octanol–water partition coefficient (Wildman–Crippen LogP) is 2.31. The highest BCUT2D eigenvalue weighted by molar-refractivity contribution is 5.44. The van der Waals surface area contributed by atoms with Crippen LogP contribution in [-0.2, 0) is 0 Å². The largest absolute Gasteiger partial charge is 0.396 e. The summed E-state index contributed by atoms with van der Waals surface area (Å²) in [6, 6.07) is 7.82. The third-order valence-corrected chi connectivity index (χ3v) is 2.56. The molecule has 0 saturated carbocycles. The van der Waals surface area contributed by atoms with Crippen molar-refractivity contribution in [3.63, 3.8) is 0 Å². The Kier molecular flexibility index (Phi) is 5.90. The summed E-state index contributed by atoms with van der Waals surface area (Å²) in [6.07, 6.45) is 2.59. The van der Waals surface area contributed by atoms with E-state index in [9.17, 15) is 5.11 Å². The summed E-state index contributed by atoms with van der Waals surface area (Å²) in [5.74, 6) is 0. The number of nitrogens with one attached hydrogen (secondary N) is 1. The number of unbranched alkanes of at least 4 members (excludes halogenated alkanes) is 2. The van der Waals surface area contributed by atoms with Crippen LogP contribution >= 0.6 is 0 Å². The first-order valence-electron chi connectivity index (χ1n) is 5.87. The van der Waals surface area contributed by atoms with Crippen LogP contribution in [0.25, 0.3) is 0 Å². The Hall–Kier alpha value is -1.06. The lowest BCUT2D eigenvalue weighted by Crippen LogP contribution is -2.02. The van der Waals surface area contributed by atoms with Gasteiger partial charge in [0.1, 0.15) is 0 Å². The van der Waals surface area contributed by atoms with Crippen molar-refractivity contribution in [2.75, 3.05) is 18.5 Å². The smallest absolute Gasteiger partial charge is 0.0761 e. The zero-order valence-electron chi connectivity index (χ0n) is 9.82. The Balaban J connectivity index is 2.27. The third-order valence-electron chi connectivity index (χ3n) is 2.56. The molecule has 3 nitrogen and oxygen atoms in total. The van der Waals surface area contributed by atoms with Crippen molar-refractivity contribution >= 4 is 5.69 Å². The summed E-state index contributed by atoms with van der Waals surface area (Å²) in [5, 5.41) is 21.3. The molecule has 0 aliphatic carbocycles. The molecule has 1 aromatic rings. The van der Waals surface area contributed by atoms with E-state index in [0.29, 0.717) is 0 Å². The number of benzene rings is 1. The molecule has 0 aromatic heterocycles. The molecule has 1 unspecified atom stereocenters. The second-order valence-electron chi connectivity index (χ2n) is 4.01. The Bertz CT molecular complexity index is 282. The van der Waals surface area contributed by atoms with Crippen molar-refractivity contribution in [2.24, 2.45) is 0 Å². The Morgan fingerprint density at radius 1 is 1.12 bits per heavy atom. The van der Waals surface area contributed by atoms with Gasteiger partial charge in [-0.05, 0) is 43.9 Å². The predicted molar refractivity (Wildman–Crippen MR) is 66.5 cm³/mol. The SMILES string of the molecule is CC(O)c1ccc(NCCCCCO)cc1. The van der Waals surface area contributed by atoms with Crippen molar-refractivity contribution < 1.29 is 10.2 Å². The van der Waals surface area contributed by atoms with Crippen LogP contribution in [0, 0.1) is 0 Å². The molecule has 90 valence electrons. The van der Waals surface area contributed by atoms with Crippen LogP contribution in [0.15, 0.2) is 24.3 Å². The lowest BCUT2D eigenvalue weighted by Gasteiger charge is -2.08. The molecule has 0 radical (unpaired) electrons. The zero-order chi connectivity index (χ0) is 11.8. The molecule has 1 atom stereocenters. The fraction of sp³-hybridized carbons (Fsp3) is 0.538. The lowest BCUT2D eigenvalue weighted by atomic mass is 10.1. The van der Waals surface area contributed by atoms with Gasteiger partial charge >= 0.3 is 0 Å². The molecule has 0 bridgehead atoms. The summed E-state index contributed by atoms with van der Waals surface area (Å²) in [4.78, 5) is 0. The van der Waals surface area contributed by atoms with Crippen molar-refractivity contribution in [3.05, 3.63) is 29.8 Å². The molecule has 0 spiro atoms. The molecule has 0 aliphatic heterocycles. The average molecular weight is 223 g/mol. The minimum absolute atomic E-state index is 0.281. The van der Waals surface area contributed by atoms with Crippen molar-refractivity contribution in [3.8, 4) is 0 Å². The number of hydrogen-bond acceptors (Lipinski definition) is 3. The van der Waals surface area contributed by atoms with E-state index in [0.717, 1.165) is 37.1 Å². The first-order chi connectivity index (χ1) is 7.74. The van der Waals surface area contributed by atoms with E-state index in [1.54, 1.807) is 6.92 Å². The molecule has 1 rings (SSSR count). The fourth-order valence-electron chi connectivity index (χ4n) is 1.53. The molecule has 0 heterocycles. The molecule has 0 amide bonds. The third kappa shape index (κ3) is 4.64. The quantitative estimate of drug-likeness (QED) is 0.622. The van der Waals surface area contributed by atoms with Crippen LogP contribution in [0.1, 0.15) is 37.9 Å². The average Bonchev–Trinajstić information content (AvgIpc) is 2.29. The highest BCUT2D eigenvalue weighted by atomic mass is 16.3. The number of anilines is 1. The van der Waals surface area contributed by atoms with Crippen LogP contribution in [0.2, 0.25) is 0 Å². The maximum atomic E-state index is 9.34. The lowest BCUT2D eigenvalue weighted by molar-refractivity contribution is 0.199. The highest BCUT2D eigenvalue weighted by Crippen LogP contribution is 2.15. The molecule has 3 N–H and O–H groups in total. The van der Waals surface area contributed by atoms with E-state index in [2.05, 4.69) is 5.32 Å². The van der Waals surface area contributed by atoms with Crippen molar-refractivity contribution in [2.45, 2.75) is 32.3 Å². The van der Waals surface area contributed by atoms with Gasteiger partial charge in [0.2, 0.25) is 0 Å². The van der Waals surface area contributed by atoms with Crippen LogP contribution in [-0.4, -0.2) is 23.4 Å². The Morgan fingerprint density at radius 2 is 1.81 bits per heavy atom. The monoisotopic (exact) mass is 223 g/mol. The summed E-state index contributed by atoms with van der Waals surface area (Å²) in [5.41, 5.74) is 2.01. The number of rotatable bonds is 7. The molecule has 3 heteroatoms. The molecular formula is C13H21NO2. The van der Waals surface area contributed by atoms with Gasteiger partial charge in [-0.25, -0.2) is 0 Å². The van der Waals surface area contributed by atoms with Gasteiger partial charge < -0.3 is 15.5 Å². The molecule has 16 heavy (non-hydrogen) atoms. The van der Waals surface area contributed by atoms with Crippen LogP contribution in [0.3, 0.4) is 0 Å². The Morgan fingerprint density at radius 3 is 2.38 bits per heavy atom. The normalized spacial score (nSPS) is 12.4. The number of aliphatic hydroxyl groups excluding tert-OH is 2. The van der Waals surface area contributed by atoms with E-state index in [-0.39, 0.29) is 6.61 Å². The van der Waals surface area contributed by atoms with E-state index in [4.69, 9.17) is 5.11 Å². The minimum atomic E-state index is -0.404. The fourth-order valence-corrected chi connectivity index (χ4v) is 1.53. The van der Waals surface area contributed by atoms with Crippen molar-refractivity contribution in [1.29, 1.82) is 0 Å². The van der Waals surface area contributed by atoms with Gasteiger partial charge in [-0.2, -0.15) is 0 Å². The van der Waals surface area contributed by atoms with Gasteiger partial charge in [0.25, 0.3) is 0 Å². The standard InChI is InChI=1S/C13H21NO2/c1-11(16)12-5-7-13(8-6-12)14-9-3-2-4-10-15/h5-8,11,14-16H,2-4,9-10H2,1H3. The van der Waals surface area contributed by atoms with Gasteiger partial charge in [-0.1, -0.05) is 12.1 Å². The summed E-state index contributed by atoms with van der Waals surface area (Å²) < 4.78 is 0. The maximum Gasteiger partial charge on any atom is 0.0761 e. The van der Waals surface area contributed by atoms with Gasteiger partial charge in [-0.3, -0.25) is 0 Å². The van der Waals surface area contributed by atoms with E-state index < -0.39 is 6.10 Å². The van der Waals surface area contributed by atoms with Gasteiger partial charge in [0.05, 0.1) is 6.10 Å². The van der Waals surface area contributed by atoms with E-state index >= 15 is 0 Å². The van der Waals surface area contributed by atoms with Crippen LogP contribution in [0.5, 0.6) is 0 Å². The second kappa shape index (κ2) is 7.25. The number of aliphatic hydroxyl groups is 2. The van der Waals surface area contributed by atoms with Gasteiger partial charge in [0.15, 0.2) is 0 Å². The first kappa shape index (κ1) is 13.0. The van der Waals surface area contributed by atoms with Gasteiger partial charge in [-0.15, -0.1) is 0 Å². The van der Waals surface area contributed by atoms with Crippen molar-refractivity contribution in [1.82, 2.24) is 0 Å². The van der Waals surface area contributed by atoms with E-state index in [1.165, 1.54) is 0 Å². The molecule has 0 fully saturated rings. The molecule has 0 saturated heterocycles. The Labute approximate surface area is 97.1 Å². The summed E-state index contributed by atoms with van der Waals surface area (Å²) in [7, 11) is 0. The zero-order valence-corrected chi connectivity index (χ0v) is 9.82. The molecular weight excluding hydrogens is 202 g/mol. The molecule has 0 aliphatic rings. The first-order valence-corrected chi connectivity index (χ1v) is 5.87. The maximum absolute atomic E-state index is 9.34. The van der Waals surface area contributed by atoms with Gasteiger partial charge in [0, 0.05) is 18.8 Å². The highest BCUT2D eigenvalue weighted by Gasteiger charge is 1.99. The van der Waals surface area contributed by atoms with Crippen LogP contribution < -0.4 is 5.32 Å². The second-order valence-corrected chi connectivity index (χ2v) is 4.01. The number of hydrogen-bond donors (Lipinski definition) is 3. The minimum Gasteiger partial charge on any atom is -0.396 e. The summed E-state index contributed by atoms with van der Waals surface area (Å²) >= 11 is 0. The summed E-state index contributed by atoms with van der Waals surface area (Å²) in [6.45, 7) is 2.97. The van der Waals surface area contributed by atoms with E-state index in [1.807, 2.05) is 24.3 Å². The topological polar surface area (TPSA) is 52.5 Å². The van der Waals surface area contributed by atoms with Crippen LogP contribution in [0.4, 0.5) is 5.69 Å². The molecule has 1 aromatic carbocycles.